The van der Waals surface area contributed by atoms with Gasteiger partial charge in [-0.3, -0.25) is 0 Å². The zero-order valence-corrected chi connectivity index (χ0v) is 8.06. The summed E-state index contributed by atoms with van der Waals surface area (Å²) in [6.45, 7) is 2.11. The lowest BCUT2D eigenvalue weighted by Crippen LogP contribution is -2.35. The molecule has 0 amide bonds. The van der Waals surface area contributed by atoms with Crippen LogP contribution in [0.25, 0.3) is 0 Å². The summed E-state index contributed by atoms with van der Waals surface area (Å²) in [6.07, 6.45) is 6.34. The third-order valence-corrected chi connectivity index (χ3v) is 3.73. The van der Waals surface area contributed by atoms with Crippen LogP contribution in [0.1, 0.15) is 26.2 Å². The maximum Gasteiger partial charge on any atom is 0.235 e. The van der Waals surface area contributed by atoms with Crippen LogP contribution in [0, 0.1) is 11.3 Å². The van der Waals surface area contributed by atoms with Gasteiger partial charge in [0, 0.05) is 0 Å². The van der Waals surface area contributed by atoms with E-state index in [-0.39, 0.29) is 17.5 Å². The van der Waals surface area contributed by atoms with Gasteiger partial charge in [-0.25, -0.2) is 9.59 Å². The van der Waals surface area contributed by atoms with Gasteiger partial charge >= 0.3 is 0 Å². The van der Waals surface area contributed by atoms with E-state index in [1.54, 1.807) is 12.2 Å². The van der Waals surface area contributed by atoms with E-state index >= 15 is 0 Å². The molecule has 2 aliphatic carbocycles. The Hall–Kier alpha value is -1.24. The molecule has 2 bridgehead atoms. The van der Waals surface area contributed by atoms with Crippen LogP contribution >= 0.6 is 0 Å². The maximum atomic E-state index is 10.3. The van der Waals surface area contributed by atoms with Gasteiger partial charge in [-0.05, 0) is 30.6 Å². The Morgan fingerprint density at radius 1 is 1.29 bits per heavy atom. The summed E-state index contributed by atoms with van der Waals surface area (Å²) >= 11 is 0. The number of isocyanates is 2. The van der Waals surface area contributed by atoms with Crippen molar-refractivity contribution in [2.45, 2.75) is 38.3 Å². The molecule has 74 valence electrons. The van der Waals surface area contributed by atoms with Crippen molar-refractivity contribution < 1.29 is 9.59 Å². The van der Waals surface area contributed by atoms with Gasteiger partial charge in [0.1, 0.15) is 0 Å². The zero-order chi connectivity index (χ0) is 10.2. The van der Waals surface area contributed by atoms with Gasteiger partial charge in [0.15, 0.2) is 0 Å². The second kappa shape index (κ2) is 3.16. The van der Waals surface area contributed by atoms with E-state index in [1.165, 1.54) is 0 Å². The standard InChI is InChI=1S/C10H12N2O2/c1-10-3-2-7(4-10)8(11-5-13)9(10)12-6-14/h7-9H,2-4H2,1H3. The third-order valence-electron chi connectivity index (χ3n) is 3.73. The molecular formula is C10H12N2O2. The molecule has 2 saturated carbocycles. The Morgan fingerprint density at radius 2 is 2.00 bits per heavy atom. The van der Waals surface area contributed by atoms with Crippen molar-refractivity contribution in [1.29, 1.82) is 0 Å². The van der Waals surface area contributed by atoms with Gasteiger partial charge in [0.05, 0.1) is 12.1 Å². The van der Waals surface area contributed by atoms with Gasteiger partial charge < -0.3 is 0 Å². The first-order chi connectivity index (χ1) is 6.71. The molecule has 0 aromatic heterocycles. The minimum Gasteiger partial charge on any atom is -0.211 e. The fraction of sp³-hybridized carbons (Fsp3) is 0.800. The minimum atomic E-state index is -0.153. The Labute approximate surface area is 82.1 Å². The van der Waals surface area contributed by atoms with Crippen molar-refractivity contribution in [3.8, 4) is 0 Å². The minimum absolute atomic E-state index is 0.0487. The van der Waals surface area contributed by atoms with Crippen molar-refractivity contribution in [2.75, 3.05) is 0 Å². The van der Waals surface area contributed by atoms with Crippen LogP contribution in [-0.2, 0) is 9.59 Å². The molecule has 0 aromatic rings. The van der Waals surface area contributed by atoms with Gasteiger partial charge in [0.2, 0.25) is 12.2 Å². The quantitative estimate of drug-likeness (QED) is 0.487. The summed E-state index contributed by atoms with van der Waals surface area (Å²) in [4.78, 5) is 28.1. The monoisotopic (exact) mass is 192 g/mol. The Balaban J connectivity index is 2.34. The molecular weight excluding hydrogens is 180 g/mol. The second-order valence-electron chi connectivity index (χ2n) is 4.53. The largest absolute Gasteiger partial charge is 0.235 e. The number of aliphatic imine (C=N–C) groups is 2. The molecule has 14 heavy (non-hydrogen) atoms. The van der Waals surface area contributed by atoms with E-state index in [0.717, 1.165) is 19.3 Å². The highest BCUT2D eigenvalue weighted by molar-refractivity contribution is 5.38. The molecule has 2 rings (SSSR count). The summed E-state index contributed by atoms with van der Waals surface area (Å²) < 4.78 is 0. The van der Waals surface area contributed by atoms with Crippen molar-refractivity contribution in [3.63, 3.8) is 0 Å². The lowest BCUT2D eigenvalue weighted by molar-refractivity contribution is 0.262. The number of fused-ring (bicyclic) bond motifs is 2. The molecule has 0 heterocycles. The average molecular weight is 192 g/mol. The van der Waals surface area contributed by atoms with Crippen LogP contribution in [0.3, 0.4) is 0 Å². The molecule has 4 atom stereocenters. The van der Waals surface area contributed by atoms with Crippen LogP contribution in [0.2, 0.25) is 0 Å². The number of rotatable bonds is 2. The van der Waals surface area contributed by atoms with E-state index in [9.17, 15) is 9.59 Å². The molecule has 0 aliphatic heterocycles. The van der Waals surface area contributed by atoms with E-state index in [0.29, 0.717) is 5.92 Å². The maximum absolute atomic E-state index is 10.3. The average Bonchev–Trinajstić information content (AvgIpc) is 2.64. The van der Waals surface area contributed by atoms with Crippen LogP contribution in [0.15, 0.2) is 9.98 Å². The second-order valence-corrected chi connectivity index (χ2v) is 4.53. The topological polar surface area (TPSA) is 58.9 Å². The van der Waals surface area contributed by atoms with Gasteiger partial charge in [-0.2, -0.15) is 9.98 Å². The highest BCUT2D eigenvalue weighted by Gasteiger charge is 2.55. The van der Waals surface area contributed by atoms with Crippen LogP contribution in [-0.4, -0.2) is 24.2 Å². The lowest BCUT2D eigenvalue weighted by atomic mass is 9.80. The fourth-order valence-electron chi connectivity index (χ4n) is 3.07. The van der Waals surface area contributed by atoms with E-state index in [1.807, 2.05) is 0 Å². The molecule has 0 radical (unpaired) electrons. The first kappa shape index (κ1) is 9.32. The summed E-state index contributed by atoms with van der Waals surface area (Å²) in [5.74, 6) is 0.406. The summed E-state index contributed by atoms with van der Waals surface area (Å²) in [6, 6.07) is -0.284. The lowest BCUT2D eigenvalue weighted by Gasteiger charge is -2.30. The molecule has 2 fully saturated rings. The predicted octanol–water partition coefficient (Wildman–Crippen LogP) is 1.22. The molecule has 2 aliphatic rings. The molecule has 0 saturated heterocycles. The Morgan fingerprint density at radius 3 is 2.64 bits per heavy atom. The van der Waals surface area contributed by atoms with Crippen LogP contribution < -0.4 is 0 Å². The first-order valence-electron chi connectivity index (χ1n) is 4.85. The van der Waals surface area contributed by atoms with Crippen molar-refractivity contribution in [1.82, 2.24) is 0 Å². The highest BCUT2D eigenvalue weighted by atomic mass is 16.1. The van der Waals surface area contributed by atoms with E-state index < -0.39 is 0 Å². The number of carbonyl (C=O) groups excluding carboxylic acids is 2. The van der Waals surface area contributed by atoms with Crippen molar-refractivity contribution in [3.05, 3.63) is 0 Å². The van der Waals surface area contributed by atoms with Crippen LogP contribution in [0.5, 0.6) is 0 Å². The number of hydrogen-bond donors (Lipinski definition) is 0. The predicted molar refractivity (Wildman–Crippen MR) is 49.3 cm³/mol. The first-order valence-corrected chi connectivity index (χ1v) is 4.85. The summed E-state index contributed by atoms with van der Waals surface area (Å²) in [7, 11) is 0. The fourth-order valence-corrected chi connectivity index (χ4v) is 3.07. The highest BCUT2D eigenvalue weighted by Crippen LogP contribution is 2.55. The van der Waals surface area contributed by atoms with Crippen LogP contribution in [0.4, 0.5) is 0 Å². The summed E-state index contributed by atoms with van der Waals surface area (Å²) in [5.41, 5.74) is 0.0487. The summed E-state index contributed by atoms with van der Waals surface area (Å²) in [5, 5.41) is 0. The number of hydrogen-bond acceptors (Lipinski definition) is 4. The molecule has 0 N–H and O–H groups in total. The smallest absolute Gasteiger partial charge is 0.211 e. The molecule has 4 nitrogen and oxygen atoms in total. The Kier molecular flexibility index (Phi) is 2.10. The molecule has 0 aromatic carbocycles. The SMILES string of the molecule is CC12CCC(C1)C(N=C=O)C2N=C=O. The zero-order valence-electron chi connectivity index (χ0n) is 8.06. The van der Waals surface area contributed by atoms with Crippen molar-refractivity contribution in [2.24, 2.45) is 21.3 Å². The van der Waals surface area contributed by atoms with Crippen molar-refractivity contribution >= 4 is 12.2 Å². The molecule has 4 heteroatoms. The van der Waals surface area contributed by atoms with Gasteiger partial charge in [0.25, 0.3) is 0 Å². The normalized spacial score (nSPS) is 44.2. The van der Waals surface area contributed by atoms with E-state index in [2.05, 4.69) is 16.9 Å². The van der Waals surface area contributed by atoms with Gasteiger partial charge in [-0.15, -0.1) is 0 Å². The molecule has 0 spiro atoms. The Bertz CT molecular complexity index is 342. The third kappa shape index (κ3) is 1.16. The van der Waals surface area contributed by atoms with E-state index in [4.69, 9.17) is 0 Å². The molecule has 4 unspecified atom stereocenters. The number of nitrogens with zero attached hydrogens (tertiary/aromatic N) is 2. The van der Waals surface area contributed by atoms with Gasteiger partial charge in [-0.1, -0.05) is 6.92 Å².